The number of pyridine rings is 1. The smallest absolute Gasteiger partial charge is 0.418 e. The van der Waals surface area contributed by atoms with E-state index in [4.69, 9.17) is 16.3 Å². The molecule has 1 aliphatic heterocycles. The number of aryl methyl sites for hydroxylation is 1. The number of aromatic carboxylic acids is 1. The number of hydrogen-bond donors (Lipinski definition) is 1. The van der Waals surface area contributed by atoms with Crippen LogP contribution < -0.4 is 15.2 Å². The summed E-state index contributed by atoms with van der Waals surface area (Å²) < 4.78 is 78.9. The number of piperazine rings is 1. The number of halogens is 6. The van der Waals surface area contributed by atoms with Gasteiger partial charge in [-0.2, -0.15) is 18.4 Å². The van der Waals surface area contributed by atoms with E-state index in [9.17, 15) is 41.9 Å². The predicted molar refractivity (Wildman–Crippen MR) is 187 cm³/mol. The third-order valence-corrected chi connectivity index (χ3v) is 10.5. The van der Waals surface area contributed by atoms with Gasteiger partial charge < -0.3 is 14.7 Å². The summed E-state index contributed by atoms with van der Waals surface area (Å²) in [7, 11) is 0. The van der Waals surface area contributed by atoms with Gasteiger partial charge in [0.2, 0.25) is 0 Å². The molecule has 272 valence electrons. The van der Waals surface area contributed by atoms with Crippen molar-refractivity contribution >= 4 is 55.7 Å². The van der Waals surface area contributed by atoms with Gasteiger partial charge in [-0.3, -0.25) is 19.2 Å². The summed E-state index contributed by atoms with van der Waals surface area (Å²) in [5, 5.41) is 21.4. The molecule has 0 saturated carbocycles. The molecule has 0 bridgehead atoms. The minimum absolute atomic E-state index is 0.0101. The van der Waals surface area contributed by atoms with Gasteiger partial charge in [-0.25, -0.2) is 18.6 Å². The summed E-state index contributed by atoms with van der Waals surface area (Å²) in [5.74, 6) is -0.688. The second-order valence-electron chi connectivity index (χ2n) is 12.7. The molecule has 6 rings (SSSR count). The second kappa shape index (κ2) is 13.9. The first-order valence-corrected chi connectivity index (χ1v) is 17.2. The lowest BCUT2D eigenvalue weighted by atomic mass is 9.98. The molecule has 52 heavy (non-hydrogen) atoms. The molecule has 4 heterocycles. The average molecular weight is 761 g/mol. The molecule has 0 unspecified atom stereocenters. The van der Waals surface area contributed by atoms with E-state index in [-0.39, 0.29) is 61.6 Å². The van der Waals surface area contributed by atoms with Gasteiger partial charge in [0, 0.05) is 53.9 Å². The van der Waals surface area contributed by atoms with Crippen LogP contribution >= 0.6 is 22.9 Å². The van der Waals surface area contributed by atoms with Crippen LogP contribution in [0, 0.1) is 18.3 Å². The number of nitriles is 1. The predicted octanol–water partition coefficient (Wildman–Crippen LogP) is 7.47. The van der Waals surface area contributed by atoms with Crippen LogP contribution in [0.1, 0.15) is 41.2 Å². The van der Waals surface area contributed by atoms with Gasteiger partial charge >= 0.3 is 12.1 Å². The molecule has 5 aromatic rings. The van der Waals surface area contributed by atoms with Crippen molar-refractivity contribution < 1.29 is 36.6 Å². The standard InChI is InChI=1S/C35H30ClF5N6O4S/c1-18-44-25-15-24(35(39,40)41)29(45-8-10-46(11-9-45)34(2,3)33(37)38)22(16-42)27(25)31(48)47(18)12-13-51-26-5-4-19(36)14-21(26)20-6-7-43-28-23(32(49)50)17-52-30(20)28/h4-7,14-15,17,33H,8-13H2,1-3H3,(H,49,50). The highest BCUT2D eigenvalue weighted by Gasteiger charge is 2.41. The number of fused-ring (bicyclic) bond motifs is 2. The first-order valence-electron chi connectivity index (χ1n) is 15.9. The van der Waals surface area contributed by atoms with Crippen molar-refractivity contribution in [2.24, 2.45) is 0 Å². The lowest BCUT2D eigenvalue weighted by Crippen LogP contribution is -2.57. The number of thiophene rings is 1. The van der Waals surface area contributed by atoms with Crippen molar-refractivity contribution in [3.05, 3.63) is 79.8 Å². The van der Waals surface area contributed by atoms with E-state index in [2.05, 4.69) is 9.97 Å². The topological polar surface area (TPSA) is 125 Å². The van der Waals surface area contributed by atoms with Gasteiger partial charge in [-0.15, -0.1) is 11.3 Å². The van der Waals surface area contributed by atoms with Crippen molar-refractivity contribution in [1.29, 1.82) is 5.26 Å². The fourth-order valence-corrected chi connectivity index (χ4v) is 7.62. The summed E-state index contributed by atoms with van der Waals surface area (Å²) in [6, 6.07) is 9.13. The maximum absolute atomic E-state index is 14.5. The molecule has 17 heteroatoms. The molecular weight excluding hydrogens is 731 g/mol. The van der Waals surface area contributed by atoms with Crippen LogP contribution in [0.3, 0.4) is 0 Å². The first-order chi connectivity index (χ1) is 24.5. The van der Waals surface area contributed by atoms with Crippen molar-refractivity contribution in [1.82, 2.24) is 19.4 Å². The number of ether oxygens (including phenoxy) is 1. The van der Waals surface area contributed by atoms with Gasteiger partial charge in [0.25, 0.3) is 12.0 Å². The molecule has 10 nitrogen and oxygen atoms in total. The molecule has 0 radical (unpaired) electrons. The van der Waals surface area contributed by atoms with Crippen LogP contribution in [0.4, 0.5) is 27.6 Å². The van der Waals surface area contributed by atoms with Crippen LogP contribution in [0.5, 0.6) is 5.75 Å². The first kappa shape index (κ1) is 36.9. The van der Waals surface area contributed by atoms with Crippen molar-refractivity contribution in [2.75, 3.05) is 37.7 Å². The number of rotatable bonds is 9. The van der Waals surface area contributed by atoms with Crippen LogP contribution in [0.25, 0.3) is 32.2 Å². The summed E-state index contributed by atoms with van der Waals surface area (Å²) in [4.78, 5) is 37.1. The van der Waals surface area contributed by atoms with Gasteiger partial charge in [-0.1, -0.05) is 11.6 Å². The Labute approximate surface area is 302 Å². The third-order valence-electron chi connectivity index (χ3n) is 9.26. The average Bonchev–Trinajstić information content (AvgIpc) is 3.54. The maximum Gasteiger partial charge on any atom is 0.418 e. The minimum atomic E-state index is -4.91. The molecule has 0 amide bonds. The molecule has 1 aliphatic rings. The van der Waals surface area contributed by atoms with Crippen LogP contribution in [-0.4, -0.2) is 75.3 Å². The SMILES string of the molecule is Cc1nc2cc(C(F)(F)F)c(N3CCN(C(C)(C)C(F)F)CC3)c(C#N)c2c(=O)n1CCOc1ccc(Cl)cc1-c1ccnc2c(C(=O)O)csc12. The Morgan fingerprint density at radius 1 is 1.13 bits per heavy atom. The summed E-state index contributed by atoms with van der Waals surface area (Å²) in [5.41, 5.74) is -3.21. The van der Waals surface area contributed by atoms with Gasteiger partial charge in [0.15, 0.2) is 0 Å². The van der Waals surface area contributed by atoms with Crippen molar-refractivity contribution in [3.63, 3.8) is 0 Å². The van der Waals surface area contributed by atoms with Gasteiger partial charge in [0.1, 0.15) is 24.3 Å². The van der Waals surface area contributed by atoms with E-state index in [1.807, 2.05) is 6.07 Å². The van der Waals surface area contributed by atoms with Crippen LogP contribution in [-0.2, 0) is 12.7 Å². The Bertz CT molecular complexity index is 2310. The fourth-order valence-electron chi connectivity index (χ4n) is 6.42. The lowest BCUT2D eigenvalue weighted by Gasteiger charge is -2.44. The third kappa shape index (κ3) is 6.64. The Morgan fingerprint density at radius 3 is 2.48 bits per heavy atom. The van der Waals surface area contributed by atoms with Gasteiger partial charge in [-0.05, 0) is 51.1 Å². The number of hydrogen-bond acceptors (Lipinski definition) is 9. The number of alkyl halides is 5. The van der Waals surface area contributed by atoms with E-state index in [1.165, 1.54) is 58.1 Å². The molecule has 1 fully saturated rings. The molecule has 0 aliphatic carbocycles. The maximum atomic E-state index is 14.5. The molecular formula is C35H30ClF5N6O4S. The number of anilines is 1. The molecule has 0 atom stereocenters. The number of carboxylic acids is 1. The number of carbonyl (C=O) groups is 1. The molecule has 1 saturated heterocycles. The molecule has 0 spiro atoms. The number of carboxylic acid groups (broad SMARTS) is 1. The van der Waals surface area contributed by atoms with E-state index >= 15 is 0 Å². The zero-order valence-electron chi connectivity index (χ0n) is 27.9. The Kier molecular flexibility index (Phi) is 9.90. The Balaban J connectivity index is 1.35. The van der Waals surface area contributed by atoms with Crippen molar-refractivity contribution in [2.45, 2.75) is 45.5 Å². The highest BCUT2D eigenvalue weighted by atomic mass is 35.5. The molecule has 1 N–H and O–H groups in total. The zero-order chi connectivity index (χ0) is 37.7. The largest absolute Gasteiger partial charge is 0.491 e. The zero-order valence-corrected chi connectivity index (χ0v) is 29.5. The highest BCUT2D eigenvalue weighted by molar-refractivity contribution is 7.18. The van der Waals surface area contributed by atoms with E-state index in [0.717, 1.165) is 6.07 Å². The fraction of sp³-hybridized carbons (Fsp3) is 0.343. The lowest BCUT2D eigenvalue weighted by molar-refractivity contribution is -0.137. The monoisotopic (exact) mass is 760 g/mol. The Hall–Kier alpha value is -4.85. The van der Waals surface area contributed by atoms with E-state index < -0.39 is 46.5 Å². The number of benzene rings is 2. The van der Waals surface area contributed by atoms with Crippen molar-refractivity contribution in [3.8, 4) is 22.9 Å². The number of aromatic nitrogens is 3. The van der Waals surface area contributed by atoms with E-state index in [0.29, 0.717) is 32.1 Å². The highest BCUT2D eigenvalue weighted by Crippen LogP contribution is 2.42. The number of nitrogens with zero attached hydrogens (tertiary/aromatic N) is 6. The van der Waals surface area contributed by atoms with Gasteiger partial charge in [0.05, 0.1) is 55.6 Å². The summed E-state index contributed by atoms with van der Waals surface area (Å²) >= 11 is 7.52. The van der Waals surface area contributed by atoms with Crippen LogP contribution in [0.15, 0.2) is 46.7 Å². The van der Waals surface area contributed by atoms with Crippen LogP contribution in [0.2, 0.25) is 5.02 Å². The normalized spacial score (nSPS) is 14.4. The second-order valence-corrected chi connectivity index (χ2v) is 14.0. The molecule has 3 aromatic heterocycles. The summed E-state index contributed by atoms with van der Waals surface area (Å²) in [6.45, 7) is 3.80. The minimum Gasteiger partial charge on any atom is -0.491 e. The quantitative estimate of drug-likeness (QED) is 0.152. The van der Waals surface area contributed by atoms with E-state index in [1.54, 1.807) is 24.3 Å². The molecule has 2 aromatic carbocycles. The Morgan fingerprint density at radius 2 is 1.85 bits per heavy atom. The summed E-state index contributed by atoms with van der Waals surface area (Å²) in [6.07, 6.45) is -6.13.